The van der Waals surface area contributed by atoms with Crippen molar-refractivity contribution in [1.29, 1.82) is 0 Å². The zero-order chi connectivity index (χ0) is 12.0. The van der Waals surface area contributed by atoms with Gasteiger partial charge in [-0.25, -0.2) is 4.39 Å². The summed E-state index contributed by atoms with van der Waals surface area (Å²) in [5, 5.41) is 0. The topological polar surface area (TPSA) is 26.0 Å². The zero-order valence-electron chi connectivity index (χ0n) is 9.70. The molecule has 3 rings (SSSR count). The molecule has 4 unspecified atom stereocenters. The molecule has 0 heterocycles. The van der Waals surface area contributed by atoms with Crippen LogP contribution < -0.4 is 5.73 Å². The highest BCUT2D eigenvalue weighted by Gasteiger charge is 2.42. The molecule has 2 aliphatic carbocycles. The van der Waals surface area contributed by atoms with E-state index in [1.807, 2.05) is 6.07 Å². The van der Waals surface area contributed by atoms with Gasteiger partial charge in [-0.1, -0.05) is 12.5 Å². The van der Waals surface area contributed by atoms with E-state index >= 15 is 0 Å². The average molecular weight is 298 g/mol. The van der Waals surface area contributed by atoms with Gasteiger partial charge in [0.25, 0.3) is 0 Å². The first kappa shape index (κ1) is 11.7. The highest BCUT2D eigenvalue weighted by Crippen LogP contribution is 2.52. The van der Waals surface area contributed by atoms with Crippen LogP contribution in [0.4, 0.5) is 4.39 Å². The molecule has 0 aromatic heterocycles. The largest absolute Gasteiger partial charge is 0.324 e. The van der Waals surface area contributed by atoms with E-state index in [-0.39, 0.29) is 11.9 Å². The summed E-state index contributed by atoms with van der Waals surface area (Å²) in [6.07, 6.45) is 5.28. The maximum Gasteiger partial charge on any atom is 0.137 e. The number of rotatable bonds is 2. The Hall–Kier alpha value is -0.410. The molecular formula is C14H17BrFN. The second-order valence-corrected chi connectivity index (χ2v) is 6.39. The lowest BCUT2D eigenvalue weighted by molar-refractivity contribution is 0.284. The molecule has 2 fully saturated rings. The Kier molecular flexibility index (Phi) is 2.99. The van der Waals surface area contributed by atoms with Crippen LogP contribution in [0.1, 0.15) is 37.3 Å². The fraction of sp³-hybridized carbons (Fsp3) is 0.571. The Morgan fingerprint density at radius 3 is 2.71 bits per heavy atom. The van der Waals surface area contributed by atoms with Crippen LogP contribution in [0.2, 0.25) is 0 Å². The molecule has 2 aliphatic rings. The second-order valence-electron chi connectivity index (χ2n) is 5.54. The monoisotopic (exact) mass is 297 g/mol. The Bertz CT molecular complexity index is 434. The first-order valence-corrected chi connectivity index (χ1v) is 7.15. The van der Waals surface area contributed by atoms with Gasteiger partial charge in [0.15, 0.2) is 0 Å². The molecule has 92 valence electrons. The quantitative estimate of drug-likeness (QED) is 0.876. The molecule has 2 saturated carbocycles. The molecule has 1 aromatic rings. The van der Waals surface area contributed by atoms with Crippen LogP contribution in [0, 0.1) is 23.6 Å². The van der Waals surface area contributed by atoms with Gasteiger partial charge in [-0.05, 0) is 70.6 Å². The molecule has 2 bridgehead atoms. The molecular weight excluding hydrogens is 281 g/mol. The van der Waals surface area contributed by atoms with E-state index in [2.05, 4.69) is 15.9 Å². The maximum atomic E-state index is 13.5. The van der Waals surface area contributed by atoms with Gasteiger partial charge in [0.2, 0.25) is 0 Å². The molecule has 0 spiro atoms. The fourth-order valence-electron chi connectivity index (χ4n) is 3.70. The SMILES string of the molecule is NC(c1ccc(Br)c(F)c1)C1CC2CCC1C2. The van der Waals surface area contributed by atoms with Gasteiger partial charge in [0, 0.05) is 6.04 Å². The van der Waals surface area contributed by atoms with Crippen molar-refractivity contribution in [3.05, 3.63) is 34.1 Å². The van der Waals surface area contributed by atoms with E-state index in [0.717, 1.165) is 17.4 Å². The highest BCUT2D eigenvalue weighted by atomic mass is 79.9. The number of hydrogen-bond donors (Lipinski definition) is 1. The van der Waals surface area contributed by atoms with Gasteiger partial charge in [-0.15, -0.1) is 0 Å². The van der Waals surface area contributed by atoms with E-state index in [1.54, 1.807) is 12.1 Å². The van der Waals surface area contributed by atoms with Gasteiger partial charge in [0.05, 0.1) is 4.47 Å². The van der Waals surface area contributed by atoms with Crippen LogP contribution in [0.25, 0.3) is 0 Å². The van der Waals surface area contributed by atoms with E-state index < -0.39 is 0 Å². The molecule has 3 heteroatoms. The number of fused-ring (bicyclic) bond motifs is 2. The lowest BCUT2D eigenvalue weighted by Gasteiger charge is -2.28. The zero-order valence-corrected chi connectivity index (χ0v) is 11.3. The number of benzene rings is 1. The summed E-state index contributed by atoms with van der Waals surface area (Å²) < 4.78 is 14.0. The van der Waals surface area contributed by atoms with Crippen molar-refractivity contribution in [1.82, 2.24) is 0 Å². The van der Waals surface area contributed by atoms with Crippen molar-refractivity contribution in [2.45, 2.75) is 31.7 Å². The van der Waals surface area contributed by atoms with Crippen LogP contribution in [-0.4, -0.2) is 0 Å². The average Bonchev–Trinajstić information content (AvgIpc) is 2.93. The standard InChI is InChI=1S/C14H17BrFN/c15-12-4-3-10(7-13(12)16)14(17)11-6-8-1-2-9(11)5-8/h3-4,7-9,11,14H,1-2,5-6,17H2. The van der Waals surface area contributed by atoms with E-state index in [0.29, 0.717) is 10.4 Å². The number of halogens is 2. The summed E-state index contributed by atoms with van der Waals surface area (Å²) in [6.45, 7) is 0. The van der Waals surface area contributed by atoms with Crippen molar-refractivity contribution in [2.75, 3.05) is 0 Å². The van der Waals surface area contributed by atoms with Gasteiger partial charge in [-0.2, -0.15) is 0 Å². The third-order valence-corrected chi connectivity index (χ3v) is 5.23. The second kappa shape index (κ2) is 4.36. The molecule has 2 N–H and O–H groups in total. The van der Waals surface area contributed by atoms with Gasteiger partial charge in [0.1, 0.15) is 5.82 Å². The molecule has 0 saturated heterocycles. The molecule has 1 aromatic carbocycles. The van der Waals surface area contributed by atoms with Crippen LogP contribution in [0.5, 0.6) is 0 Å². The lowest BCUT2D eigenvalue weighted by Crippen LogP contribution is -2.26. The highest BCUT2D eigenvalue weighted by molar-refractivity contribution is 9.10. The smallest absolute Gasteiger partial charge is 0.137 e. The van der Waals surface area contributed by atoms with Gasteiger partial charge in [-0.3, -0.25) is 0 Å². The van der Waals surface area contributed by atoms with Crippen molar-refractivity contribution in [3.63, 3.8) is 0 Å². The first-order valence-electron chi connectivity index (χ1n) is 6.35. The summed E-state index contributed by atoms with van der Waals surface area (Å²) >= 11 is 3.18. The van der Waals surface area contributed by atoms with E-state index in [9.17, 15) is 4.39 Å². The summed E-state index contributed by atoms with van der Waals surface area (Å²) in [4.78, 5) is 0. The maximum absolute atomic E-state index is 13.5. The summed E-state index contributed by atoms with van der Waals surface area (Å²) in [6, 6.07) is 5.30. The molecule has 1 nitrogen and oxygen atoms in total. The van der Waals surface area contributed by atoms with E-state index in [1.165, 1.54) is 25.7 Å². The van der Waals surface area contributed by atoms with Crippen molar-refractivity contribution < 1.29 is 4.39 Å². The Morgan fingerprint density at radius 1 is 1.29 bits per heavy atom. The van der Waals surface area contributed by atoms with E-state index in [4.69, 9.17) is 5.73 Å². The number of hydrogen-bond acceptors (Lipinski definition) is 1. The van der Waals surface area contributed by atoms with Crippen molar-refractivity contribution in [3.8, 4) is 0 Å². The molecule has 0 amide bonds. The number of nitrogens with two attached hydrogens (primary N) is 1. The van der Waals surface area contributed by atoms with Crippen LogP contribution >= 0.6 is 15.9 Å². The normalized spacial score (nSPS) is 33.0. The van der Waals surface area contributed by atoms with Crippen molar-refractivity contribution in [2.24, 2.45) is 23.5 Å². The molecule has 0 radical (unpaired) electrons. The predicted octanol–water partition coefficient (Wildman–Crippen LogP) is 4.02. The van der Waals surface area contributed by atoms with Gasteiger partial charge < -0.3 is 5.73 Å². The summed E-state index contributed by atoms with van der Waals surface area (Å²) in [5.74, 6) is 2.02. The summed E-state index contributed by atoms with van der Waals surface area (Å²) in [5.41, 5.74) is 7.27. The van der Waals surface area contributed by atoms with Gasteiger partial charge >= 0.3 is 0 Å². The molecule has 0 aliphatic heterocycles. The summed E-state index contributed by atoms with van der Waals surface area (Å²) in [7, 11) is 0. The fourth-order valence-corrected chi connectivity index (χ4v) is 3.95. The Balaban J connectivity index is 1.81. The Morgan fingerprint density at radius 2 is 2.12 bits per heavy atom. The van der Waals surface area contributed by atoms with Crippen LogP contribution in [0.3, 0.4) is 0 Å². The minimum absolute atomic E-state index is 0.00731. The minimum Gasteiger partial charge on any atom is -0.324 e. The Labute approximate surface area is 110 Å². The predicted molar refractivity (Wildman–Crippen MR) is 70.0 cm³/mol. The lowest BCUT2D eigenvalue weighted by atomic mass is 9.81. The third kappa shape index (κ3) is 2.04. The van der Waals surface area contributed by atoms with Crippen molar-refractivity contribution >= 4 is 15.9 Å². The minimum atomic E-state index is -0.207. The third-order valence-electron chi connectivity index (χ3n) is 4.58. The van der Waals surface area contributed by atoms with Crippen LogP contribution in [-0.2, 0) is 0 Å². The molecule has 4 atom stereocenters. The molecule has 17 heavy (non-hydrogen) atoms. The van der Waals surface area contributed by atoms with Crippen LogP contribution in [0.15, 0.2) is 22.7 Å². The first-order chi connectivity index (χ1) is 8.15.